The summed E-state index contributed by atoms with van der Waals surface area (Å²) in [5, 5.41) is 3.13. The molecule has 1 fully saturated rings. The third-order valence-electron chi connectivity index (χ3n) is 3.68. The van der Waals surface area contributed by atoms with Crippen molar-refractivity contribution in [3.05, 3.63) is 28.2 Å². The summed E-state index contributed by atoms with van der Waals surface area (Å²) in [6.45, 7) is 3.97. The lowest BCUT2D eigenvalue weighted by molar-refractivity contribution is 0.264. The molecule has 0 aromatic heterocycles. The van der Waals surface area contributed by atoms with Gasteiger partial charge in [-0.2, -0.15) is 12.7 Å². The van der Waals surface area contributed by atoms with E-state index in [2.05, 4.69) is 26.0 Å². The fourth-order valence-corrected chi connectivity index (χ4v) is 4.69. The number of anilines is 1. The Morgan fingerprint density at radius 1 is 1.43 bits per heavy atom. The maximum absolute atomic E-state index is 12.5. The predicted octanol–water partition coefficient (Wildman–Crippen LogP) is 2.35. The van der Waals surface area contributed by atoms with Crippen molar-refractivity contribution in [3.63, 3.8) is 0 Å². The Kier molecular flexibility index (Phi) is 5.65. The van der Waals surface area contributed by atoms with E-state index in [4.69, 9.17) is 0 Å². The third kappa shape index (κ3) is 4.42. The maximum atomic E-state index is 12.5. The fourth-order valence-electron chi connectivity index (χ4n) is 2.61. The van der Waals surface area contributed by atoms with Crippen LogP contribution in [0.4, 0.5) is 5.69 Å². The molecule has 5 nitrogen and oxygen atoms in total. The van der Waals surface area contributed by atoms with Crippen molar-refractivity contribution >= 4 is 31.8 Å². The number of nitrogens with one attached hydrogen (secondary N) is 2. The first-order valence-electron chi connectivity index (χ1n) is 7.11. The Morgan fingerprint density at radius 2 is 2.19 bits per heavy atom. The smallest absolute Gasteiger partial charge is 0.301 e. The van der Waals surface area contributed by atoms with Crippen LogP contribution in [-0.4, -0.2) is 39.4 Å². The molecule has 21 heavy (non-hydrogen) atoms. The van der Waals surface area contributed by atoms with Crippen molar-refractivity contribution in [2.45, 2.75) is 19.8 Å². The Bertz CT molecular complexity index is 590. The van der Waals surface area contributed by atoms with Gasteiger partial charge in [0, 0.05) is 17.6 Å². The lowest BCUT2D eigenvalue weighted by Gasteiger charge is -2.32. The van der Waals surface area contributed by atoms with Crippen LogP contribution in [0.3, 0.4) is 0 Å². The molecule has 1 unspecified atom stereocenters. The van der Waals surface area contributed by atoms with Gasteiger partial charge in [0.05, 0.1) is 5.69 Å². The van der Waals surface area contributed by atoms with E-state index in [1.165, 1.54) is 0 Å². The SMILES string of the molecule is CNCC1CCCN(S(=O)(=O)Nc2ccc(C)cc2Br)C1. The van der Waals surface area contributed by atoms with Gasteiger partial charge in [0.25, 0.3) is 0 Å². The highest BCUT2D eigenvalue weighted by molar-refractivity contribution is 9.10. The first-order chi connectivity index (χ1) is 9.92. The average Bonchev–Trinajstić information content (AvgIpc) is 2.43. The van der Waals surface area contributed by atoms with Crippen molar-refractivity contribution < 1.29 is 8.42 Å². The second kappa shape index (κ2) is 7.09. The standard InChI is InChI=1S/C14H22BrN3O2S/c1-11-5-6-14(13(15)8-11)17-21(19,20)18-7-3-4-12(10-18)9-16-2/h5-6,8,12,16-17H,3-4,7,9-10H2,1-2H3. The minimum atomic E-state index is -3.50. The summed E-state index contributed by atoms with van der Waals surface area (Å²) >= 11 is 3.41. The highest BCUT2D eigenvalue weighted by atomic mass is 79.9. The first-order valence-corrected chi connectivity index (χ1v) is 9.34. The molecule has 1 saturated heterocycles. The molecular weight excluding hydrogens is 354 g/mol. The van der Waals surface area contributed by atoms with Crippen LogP contribution in [0.2, 0.25) is 0 Å². The Morgan fingerprint density at radius 3 is 2.86 bits per heavy atom. The van der Waals surface area contributed by atoms with Gasteiger partial charge in [-0.05, 0) is 72.9 Å². The van der Waals surface area contributed by atoms with Gasteiger partial charge in [0.1, 0.15) is 0 Å². The molecule has 1 aliphatic rings. The third-order valence-corrected chi connectivity index (χ3v) is 5.82. The van der Waals surface area contributed by atoms with Crippen molar-refractivity contribution in [1.82, 2.24) is 9.62 Å². The molecule has 1 aromatic rings. The number of piperidine rings is 1. The van der Waals surface area contributed by atoms with E-state index >= 15 is 0 Å². The van der Waals surface area contributed by atoms with Crippen LogP contribution in [0.1, 0.15) is 18.4 Å². The summed E-state index contributed by atoms with van der Waals surface area (Å²) in [6.07, 6.45) is 1.98. The van der Waals surface area contributed by atoms with Crippen LogP contribution in [0, 0.1) is 12.8 Å². The van der Waals surface area contributed by atoms with E-state index in [0.29, 0.717) is 24.7 Å². The number of aryl methyl sites for hydroxylation is 1. The second-order valence-corrected chi connectivity index (χ2v) is 8.04. The quantitative estimate of drug-likeness (QED) is 0.829. The minimum absolute atomic E-state index is 0.377. The largest absolute Gasteiger partial charge is 0.319 e. The number of nitrogens with zero attached hydrogens (tertiary/aromatic N) is 1. The highest BCUT2D eigenvalue weighted by Gasteiger charge is 2.28. The van der Waals surface area contributed by atoms with E-state index in [-0.39, 0.29) is 0 Å². The molecule has 0 aliphatic carbocycles. The van der Waals surface area contributed by atoms with Crippen LogP contribution in [0.15, 0.2) is 22.7 Å². The lowest BCUT2D eigenvalue weighted by atomic mass is 10.00. The van der Waals surface area contributed by atoms with Gasteiger partial charge in [0.2, 0.25) is 0 Å². The molecule has 1 atom stereocenters. The molecule has 2 N–H and O–H groups in total. The number of hydrogen-bond acceptors (Lipinski definition) is 3. The topological polar surface area (TPSA) is 61.4 Å². The van der Waals surface area contributed by atoms with Gasteiger partial charge in [-0.1, -0.05) is 6.07 Å². The highest BCUT2D eigenvalue weighted by Crippen LogP contribution is 2.26. The van der Waals surface area contributed by atoms with Gasteiger partial charge in [-0.3, -0.25) is 4.72 Å². The maximum Gasteiger partial charge on any atom is 0.301 e. The van der Waals surface area contributed by atoms with Crippen molar-refractivity contribution in [1.29, 1.82) is 0 Å². The van der Waals surface area contributed by atoms with E-state index in [1.54, 1.807) is 10.4 Å². The molecule has 1 aromatic carbocycles. The van der Waals surface area contributed by atoms with E-state index in [1.807, 2.05) is 26.1 Å². The van der Waals surface area contributed by atoms with Crippen LogP contribution < -0.4 is 10.0 Å². The van der Waals surface area contributed by atoms with Gasteiger partial charge in [0.15, 0.2) is 0 Å². The van der Waals surface area contributed by atoms with E-state index in [0.717, 1.165) is 29.4 Å². The number of hydrogen-bond donors (Lipinski definition) is 2. The molecule has 2 rings (SSSR count). The summed E-state index contributed by atoms with van der Waals surface area (Å²) in [7, 11) is -1.60. The number of halogens is 1. The average molecular weight is 376 g/mol. The monoisotopic (exact) mass is 375 g/mol. The summed E-state index contributed by atoms with van der Waals surface area (Å²) in [5.41, 5.74) is 1.66. The van der Waals surface area contributed by atoms with Gasteiger partial charge in [-0.15, -0.1) is 0 Å². The lowest BCUT2D eigenvalue weighted by Crippen LogP contribution is -2.44. The molecule has 118 valence electrons. The van der Waals surface area contributed by atoms with E-state index in [9.17, 15) is 8.42 Å². The van der Waals surface area contributed by atoms with Crippen molar-refractivity contribution in [2.75, 3.05) is 31.4 Å². The van der Waals surface area contributed by atoms with Gasteiger partial charge >= 0.3 is 10.2 Å². The molecule has 0 saturated carbocycles. The molecule has 7 heteroatoms. The zero-order valence-corrected chi connectivity index (χ0v) is 14.8. The van der Waals surface area contributed by atoms with Gasteiger partial charge in [-0.25, -0.2) is 0 Å². The second-order valence-electron chi connectivity index (χ2n) is 5.51. The molecule has 0 radical (unpaired) electrons. The Labute approximate surface area is 135 Å². The summed E-state index contributed by atoms with van der Waals surface area (Å²) in [4.78, 5) is 0. The number of benzene rings is 1. The van der Waals surface area contributed by atoms with Crippen LogP contribution in [0.25, 0.3) is 0 Å². The van der Waals surface area contributed by atoms with Crippen molar-refractivity contribution in [3.8, 4) is 0 Å². The van der Waals surface area contributed by atoms with Crippen LogP contribution >= 0.6 is 15.9 Å². The van der Waals surface area contributed by atoms with Crippen LogP contribution in [-0.2, 0) is 10.2 Å². The normalized spacial score (nSPS) is 20.4. The zero-order chi connectivity index (χ0) is 15.5. The molecule has 0 spiro atoms. The predicted molar refractivity (Wildman–Crippen MR) is 89.6 cm³/mol. The van der Waals surface area contributed by atoms with E-state index < -0.39 is 10.2 Å². The molecule has 0 amide bonds. The summed E-state index contributed by atoms with van der Waals surface area (Å²) in [5.74, 6) is 0.377. The Balaban J connectivity index is 2.10. The number of rotatable bonds is 5. The summed E-state index contributed by atoms with van der Waals surface area (Å²) < 4.78 is 30.0. The molecular formula is C14H22BrN3O2S. The molecule has 1 aliphatic heterocycles. The zero-order valence-electron chi connectivity index (χ0n) is 12.4. The fraction of sp³-hybridized carbons (Fsp3) is 0.571. The molecule has 1 heterocycles. The van der Waals surface area contributed by atoms with Crippen molar-refractivity contribution in [2.24, 2.45) is 5.92 Å². The summed E-state index contributed by atoms with van der Waals surface area (Å²) in [6, 6.07) is 5.58. The van der Waals surface area contributed by atoms with Gasteiger partial charge < -0.3 is 5.32 Å². The van der Waals surface area contributed by atoms with Crippen LogP contribution in [0.5, 0.6) is 0 Å². The molecule has 0 bridgehead atoms. The Hall–Kier alpha value is -0.630. The minimum Gasteiger partial charge on any atom is -0.319 e. The first kappa shape index (κ1) is 16.7.